The molecule has 0 amide bonds. The summed E-state index contributed by atoms with van der Waals surface area (Å²) in [6, 6.07) is 16.4. The predicted molar refractivity (Wildman–Crippen MR) is 114 cm³/mol. The van der Waals surface area contributed by atoms with Gasteiger partial charge in [0.25, 0.3) is 0 Å². The van der Waals surface area contributed by atoms with Crippen molar-refractivity contribution < 1.29 is 4.74 Å². The molecule has 2 aliphatic rings. The van der Waals surface area contributed by atoms with Crippen LogP contribution in [-0.4, -0.2) is 25.1 Å². The van der Waals surface area contributed by atoms with E-state index in [-0.39, 0.29) is 0 Å². The number of hydrogen-bond acceptors (Lipinski definition) is 5. The van der Waals surface area contributed by atoms with Crippen LogP contribution >= 0.6 is 0 Å². The number of benzene rings is 2. The molecule has 0 saturated carbocycles. The molecule has 2 heterocycles. The maximum Gasteiger partial charge on any atom is 0.121 e. The third kappa shape index (κ3) is 3.52. The van der Waals surface area contributed by atoms with E-state index in [0.717, 1.165) is 41.6 Å². The van der Waals surface area contributed by atoms with Crippen molar-refractivity contribution in [3.8, 4) is 5.75 Å². The van der Waals surface area contributed by atoms with Crippen LogP contribution in [0.15, 0.2) is 66.1 Å². The maximum atomic E-state index is 6.63. The van der Waals surface area contributed by atoms with Gasteiger partial charge in [0.05, 0.1) is 36.1 Å². The molecule has 0 aromatic heterocycles. The van der Waals surface area contributed by atoms with Crippen molar-refractivity contribution in [2.75, 3.05) is 25.2 Å². The molecule has 2 aromatic carbocycles. The van der Waals surface area contributed by atoms with Crippen molar-refractivity contribution in [1.82, 2.24) is 10.3 Å². The Morgan fingerprint density at radius 1 is 1.00 bits per heavy atom. The maximum absolute atomic E-state index is 6.63. The Morgan fingerprint density at radius 3 is 2.54 bits per heavy atom. The SMILES string of the molecule is COc1cccc(N2C=C(N)C(N3CCCCC3)=C(c3ccccc3C)N2)c1. The summed E-state index contributed by atoms with van der Waals surface area (Å²) < 4.78 is 5.39. The Balaban J connectivity index is 1.78. The Morgan fingerprint density at radius 2 is 1.79 bits per heavy atom. The van der Waals surface area contributed by atoms with Crippen molar-refractivity contribution in [1.29, 1.82) is 0 Å². The minimum atomic E-state index is 0.779. The molecule has 3 N–H and O–H groups in total. The highest BCUT2D eigenvalue weighted by Gasteiger charge is 2.26. The smallest absolute Gasteiger partial charge is 0.121 e. The van der Waals surface area contributed by atoms with Crippen LogP contribution in [0.3, 0.4) is 0 Å². The summed E-state index contributed by atoms with van der Waals surface area (Å²) in [5.74, 6) is 0.814. The quantitative estimate of drug-likeness (QED) is 0.845. The van der Waals surface area contributed by atoms with Crippen LogP contribution in [0.25, 0.3) is 5.70 Å². The fourth-order valence-corrected chi connectivity index (χ4v) is 3.95. The predicted octanol–water partition coefficient (Wildman–Crippen LogP) is 3.98. The number of hydrogen-bond donors (Lipinski definition) is 2. The number of nitrogens with two attached hydrogens (primary N) is 1. The van der Waals surface area contributed by atoms with Crippen molar-refractivity contribution in [2.45, 2.75) is 26.2 Å². The van der Waals surface area contributed by atoms with Gasteiger partial charge in [-0.25, -0.2) is 0 Å². The highest BCUT2D eigenvalue weighted by atomic mass is 16.5. The topological polar surface area (TPSA) is 53.8 Å². The minimum Gasteiger partial charge on any atom is -0.497 e. The molecule has 0 unspecified atom stereocenters. The number of nitrogens with one attached hydrogen (secondary N) is 1. The van der Waals surface area contributed by atoms with Crippen molar-refractivity contribution in [3.05, 3.63) is 77.3 Å². The van der Waals surface area contributed by atoms with E-state index >= 15 is 0 Å². The van der Waals surface area contributed by atoms with Gasteiger partial charge >= 0.3 is 0 Å². The highest BCUT2D eigenvalue weighted by Crippen LogP contribution is 2.32. The van der Waals surface area contributed by atoms with Gasteiger partial charge in [-0.1, -0.05) is 30.3 Å². The van der Waals surface area contributed by atoms with Gasteiger partial charge < -0.3 is 15.4 Å². The van der Waals surface area contributed by atoms with E-state index in [9.17, 15) is 0 Å². The van der Waals surface area contributed by atoms with Gasteiger partial charge in [0.15, 0.2) is 0 Å². The minimum absolute atomic E-state index is 0.779. The third-order valence-electron chi connectivity index (χ3n) is 5.43. The molecule has 5 nitrogen and oxygen atoms in total. The molecule has 146 valence electrons. The molecule has 0 aliphatic carbocycles. The molecule has 1 saturated heterocycles. The summed E-state index contributed by atoms with van der Waals surface area (Å²) in [5.41, 5.74) is 16.6. The number of nitrogens with zero attached hydrogens (tertiary/aromatic N) is 2. The highest BCUT2D eigenvalue weighted by molar-refractivity contribution is 5.76. The van der Waals surface area contributed by atoms with Crippen LogP contribution in [0.1, 0.15) is 30.4 Å². The Labute approximate surface area is 167 Å². The van der Waals surface area contributed by atoms with E-state index < -0.39 is 0 Å². The van der Waals surface area contributed by atoms with Crippen LogP contribution in [-0.2, 0) is 0 Å². The molecule has 2 aliphatic heterocycles. The fraction of sp³-hybridized carbons (Fsp3) is 0.304. The number of methoxy groups -OCH3 is 1. The summed E-state index contributed by atoms with van der Waals surface area (Å²) in [6.45, 7) is 4.22. The first-order chi connectivity index (χ1) is 13.7. The Kier molecular flexibility index (Phi) is 5.15. The third-order valence-corrected chi connectivity index (χ3v) is 5.43. The lowest BCUT2D eigenvalue weighted by atomic mass is 10.0. The van der Waals surface area contributed by atoms with E-state index in [4.69, 9.17) is 10.5 Å². The lowest BCUT2D eigenvalue weighted by Gasteiger charge is -2.38. The number of hydrazine groups is 1. The molecule has 0 radical (unpaired) electrons. The van der Waals surface area contributed by atoms with Gasteiger partial charge in [-0.05, 0) is 43.9 Å². The Hall–Kier alpha value is -3.08. The summed E-state index contributed by atoms with van der Waals surface area (Å²) >= 11 is 0. The van der Waals surface area contributed by atoms with E-state index in [0.29, 0.717) is 0 Å². The van der Waals surface area contributed by atoms with Gasteiger partial charge in [-0.2, -0.15) is 0 Å². The second kappa shape index (κ2) is 7.89. The Bertz CT molecular complexity index is 912. The summed E-state index contributed by atoms with van der Waals surface area (Å²) in [6.07, 6.45) is 5.67. The number of aryl methyl sites for hydroxylation is 1. The zero-order valence-corrected chi connectivity index (χ0v) is 16.6. The molecule has 0 atom stereocenters. The van der Waals surface area contributed by atoms with E-state index in [1.54, 1.807) is 7.11 Å². The second-order valence-electron chi connectivity index (χ2n) is 7.35. The van der Waals surface area contributed by atoms with Gasteiger partial charge in [-0.15, -0.1) is 0 Å². The van der Waals surface area contributed by atoms with E-state index in [1.807, 2.05) is 35.5 Å². The molecule has 4 rings (SSSR count). The van der Waals surface area contributed by atoms with E-state index in [2.05, 4.69) is 41.5 Å². The zero-order valence-electron chi connectivity index (χ0n) is 16.6. The number of piperidine rings is 1. The lowest BCUT2D eigenvalue weighted by Crippen LogP contribution is -2.43. The second-order valence-corrected chi connectivity index (χ2v) is 7.35. The molecule has 2 aromatic rings. The molecular formula is C23H28N4O. The molecule has 0 bridgehead atoms. The summed E-state index contributed by atoms with van der Waals surface area (Å²) in [7, 11) is 1.68. The van der Waals surface area contributed by atoms with Crippen molar-refractivity contribution in [2.24, 2.45) is 5.73 Å². The first kappa shape index (κ1) is 18.3. The normalized spacial score (nSPS) is 17.3. The zero-order chi connectivity index (χ0) is 19.5. The lowest BCUT2D eigenvalue weighted by molar-refractivity contribution is 0.288. The molecular weight excluding hydrogens is 348 g/mol. The average Bonchev–Trinajstić information content (AvgIpc) is 2.74. The van der Waals surface area contributed by atoms with Gasteiger partial charge in [0, 0.05) is 24.7 Å². The summed E-state index contributed by atoms with van der Waals surface area (Å²) in [5, 5.41) is 1.98. The summed E-state index contributed by atoms with van der Waals surface area (Å²) in [4.78, 5) is 2.42. The molecule has 28 heavy (non-hydrogen) atoms. The molecule has 1 fully saturated rings. The van der Waals surface area contributed by atoms with Crippen LogP contribution in [0, 0.1) is 6.92 Å². The average molecular weight is 377 g/mol. The van der Waals surface area contributed by atoms with Crippen LogP contribution in [0.2, 0.25) is 0 Å². The van der Waals surface area contributed by atoms with Crippen molar-refractivity contribution >= 4 is 11.4 Å². The van der Waals surface area contributed by atoms with Crippen LogP contribution in [0.5, 0.6) is 5.75 Å². The van der Waals surface area contributed by atoms with Gasteiger partial charge in [0.2, 0.25) is 0 Å². The first-order valence-electron chi connectivity index (χ1n) is 9.90. The van der Waals surface area contributed by atoms with Crippen LogP contribution < -0.4 is 20.9 Å². The molecule has 5 heteroatoms. The van der Waals surface area contributed by atoms with Crippen molar-refractivity contribution in [3.63, 3.8) is 0 Å². The molecule has 0 spiro atoms. The van der Waals surface area contributed by atoms with Crippen LogP contribution in [0.4, 0.5) is 5.69 Å². The number of anilines is 1. The largest absolute Gasteiger partial charge is 0.497 e. The number of ether oxygens (including phenoxy) is 1. The fourth-order valence-electron chi connectivity index (χ4n) is 3.95. The van der Waals surface area contributed by atoms with Gasteiger partial charge in [-0.3, -0.25) is 10.4 Å². The standard InChI is InChI=1S/C23H28N4O/c1-17-9-4-5-12-20(17)22-23(26-13-6-3-7-14-26)21(24)16-27(25-22)18-10-8-11-19(15-18)28-2/h4-5,8-12,15-16,25H,3,6-7,13-14,24H2,1-2H3. The number of rotatable bonds is 4. The van der Waals surface area contributed by atoms with Gasteiger partial charge in [0.1, 0.15) is 5.75 Å². The first-order valence-corrected chi connectivity index (χ1v) is 9.90. The van der Waals surface area contributed by atoms with E-state index in [1.165, 1.54) is 30.4 Å². The monoisotopic (exact) mass is 376 g/mol. The number of likely N-dealkylation sites (tertiary alicyclic amines) is 1.